The van der Waals surface area contributed by atoms with E-state index in [1.54, 1.807) is 0 Å². The Morgan fingerprint density at radius 3 is 2.47 bits per heavy atom. The first kappa shape index (κ1) is 12.0. The molecule has 0 spiro atoms. The molecule has 1 fully saturated rings. The fourth-order valence-corrected chi connectivity index (χ4v) is 2.39. The van der Waals surface area contributed by atoms with Gasteiger partial charge in [0.1, 0.15) is 5.75 Å². The first-order chi connectivity index (χ1) is 8.29. The largest absolute Gasteiger partial charge is 0.490 e. The number of ether oxygens (including phenoxy) is 1. The monoisotopic (exact) mass is 229 g/mol. The fraction of sp³-hybridized carbons (Fsp3) is 0.533. The lowest BCUT2D eigenvalue weighted by Crippen LogP contribution is -2.15. The van der Waals surface area contributed by atoms with Gasteiger partial charge in [-0.25, -0.2) is 0 Å². The summed E-state index contributed by atoms with van der Waals surface area (Å²) in [5.41, 5.74) is 1.77. The minimum Gasteiger partial charge on any atom is -0.490 e. The summed E-state index contributed by atoms with van der Waals surface area (Å²) in [6.45, 7) is 2.01. The maximum atomic E-state index is 8.82. The van der Waals surface area contributed by atoms with E-state index < -0.39 is 0 Å². The van der Waals surface area contributed by atoms with Crippen LogP contribution in [0.5, 0.6) is 5.75 Å². The van der Waals surface area contributed by atoms with Gasteiger partial charge in [0.15, 0.2) is 0 Å². The summed E-state index contributed by atoms with van der Waals surface area (Å²) in [5, 5.41) is 8.82. The van der Waals surface area contributed by atoms with Crippen molar-refractivity contribution in [1.82, 2.24) is 0 Å². The summed E-state index contributed by atoms with van der Waals surface area (Å²) in [6.07, 6.45) is 7.93. The van der Waals surface area contributed by atoms with Crippen molar-refractivity contribution in [1.29, 1.82) is 5.26 Å². The van der Waals surface area contributed by atoms with Crippen LogP contribution in [-0.2, 0) is 0 Å². The Hall–Kier alpha value is -1.49. The van der Waals surface area contributed by atoms with Gasteiger partial charge >= 0.3 is 0 Å². The molecule has 90 valence electrons. The van der Waals surface area contributed by atoms with Crippen LogP contribution >= 0.6 is 0 Å². The molecule has 2 nitrogen and oxygen atoms in total. The second kappa shape index (κ2) is 5.72. The molecule has 2 rings (SSSR count). The van der Waals surface area contributed by atoms with Crippen LogP contribution in [0.2, 0.25) is 0 Å². The minimum absolute atomic E-state index is 0.365. The van der Waals surface area contributed by atoms with E-state index in [0.717, 1.165) is 11.3 Å². The molecule has 0 unspecified atom stereocenters. The molecule has 1 aromatic carbocycles. The van der Waals surface area contributed by atoms with E-state index in [4.69, 9.17) is 10.00 Å². The zero-order valence-corrected chi connectivity index (χ0v) is 10.4. The zero-order valence-electron chi connectivity index (χ0n) is 10.4. The Labute approximate surface area is 103 Å². The van der Waals surface area contributed by atoms with Gasteiger partial charge in [-0.3, -0.25) is 0 Å². The molecule has 0 atom stereocenters. The van der Waals surface area contributed by atoms with Gasteiger partial charge in [-0.1, -0.05) is 12.8 Å². The number of nitrogens with zero attached hydrogens (tertiary/aromatic N) is 1. The molecule has 0 saturated heterocycles. The Kier molecular flexibility index (Phi) is 4.03. The summed E-state index contributed by atoms with van der Waals surface area (Å²) in [7, 11) is 0. The van der Waals surface area contributed by atoms with Crippen LogP contribution in [-0.4, -0.2) is 6.10 Å². The molecule has 0 N–H and O–H groups in total. The number of nitriles is 1. The van der Waals surface area contributed by atoms with Gasteiger partial charge in [0.25, 0.3) is 0 Å². The molecule has 0 amide bonds. The summed E-state index contributed by atoms with van der Waals surface area (Å²) in [6, 6.07) is 7.81. The van der Waals surface area contributed by atoms with Crippen LogP contribution in [0.4, 0.5) is 0 Å². The highest BCUT2D eigenvalue weighted by Gasteiger charge is 2.14. The van der Waals surface area contributed by atoms with E-state index >= 15 is 0 Å². The molecule has 1 aliphatic carbocycles. The number of rotatable bonds is 2. The number of aryl methyl sites for hydroxylation is 1. The van der Waals surface area contributed by atoms with E-state index in [0.29, 0.717) is 11.7 Å². The van der Waals surface area contributed by atoms with Gasteiger partial charge in [0.05, 0.1) is 17.7 Å². The minimum atomic E-state index is 0.365. The highest BCUT2D eigenvalue weighted by Crippen LogP contribution is 2.25. The first-order valence-corrected chi connectivity index (χ1v) is 6.47. The van der Waals surface area contributed by atoms with Crippen LogP contribution in [0.15, 0.2) is 18.2 Å². The lowest BCUT2D eigenvalue weighted by Gasteiger charge is -2.18. The number of benzene rings is 1. The summed E-state index contributed by atoms with van der Waals surface area (Å²) >= 11 is 0. The molecule has 0 aliphatic heterocycles. The van der Waals surface area contributed by atoms with Crippen molar-refractivity contribution in [3.8, 4) is 11.8 Å². The summed E-state index contributed by atoms with van der Waals surface area (Å²) < 4.78 is 6.06. The van der Waals surface area contributed by atoms with Crippen LogP contribution in [0, 0.1) is 18.3 Å². The normalized spacial score (nSPS) is 17.2. The van der Waals surface area contributed by atoms with Gasteiger partial charge < -0.3 is 4.74 Å². The van der Waals surface area contributed by atoms with Crippen molar-refractivity contribution >= 4 is 0 Å². The third kappa shape index (κ3) is 3.23. The van der Waals surface area contributed by atoms with Crippen LogP contribution < -0.4 is 4.74 Å². The SMILES string of the molecule is Cc1cc(C#N)ccc1OC1CCCCCC1. The average molecular weight is 229 g/mol. The molecule has 1 saturated carbocycles. The fourth-order valence-electron chi connectivity index (χ4n) is 2.39. The van der Waals surface area contributed by atoms with Crippen molar-refractivity contribution in [3.05, 3.63) is 29.3 Å². The van der Waals surface area contributed by atoms with Crippen molar-refractivity contribution in [2.45, 2.75) is 51.6 Å². The van der Waals surface area contributed by atoms with Crippen LogP contribution in [0.1, 0.15) is 49.7 Å². The van der Waals surface area contributed by atoms with Gasteiger partial charge in [0.2, 0.25) is 0 Å². The van der Waals surface area contributed by atoms with Crippen LogP contribution in [0.25, 0.3) is 0 Å². The molecule has 0 aromatic heterocycles. The smallest absolute Gasteiger partial charge is 0.122 e. The van der Waals surface area contributed by atoms with Gasteiger partial charge in [-0.15, -0.1) is 0 Å². The summed E-state index contributed by atoms with van der Waals surface area (Å²) in [5.74, 6) is 0.941. The van der Waals surface area contributed by atoms with E-state index in [-0.39, 0.29) is 0 Å². The molecule has 2 heteroatoms. The van der Waals surface area contributed by atoms with Crippen molar-refractivity contribution in [3.63, 3.8) is 0 Å². The number of hydrogen-bond acceptors (Lipinski definition) is 2. The van der Waals surface area contributed by atoms with Crippen molar-refractivity contribution in [2.75, 3.05) is 0 Å². The van der Waals surface area contributed by atoms with E-state index in [1.807, 2.05) is 25.1 Å². The summed E-state index contributed by atoms with van der Waals surface area (Å²) in [4.78, 5) is 0. The van der Waals surface area contributed by atoms with Gasteiger partial charge in [-0.05, 0) is 56.4 Å². The van der Waals surface area contributed by atoms with Crippen LogP contribution in [0.3, 0.4) is 0 Å². The molecular formula is C15H19NO. The maximum Gasteiger partial charge on any atom is 0.122 e. The highest BCUT2D eigenvalue weighted by atomic mass is 16.5. The molecule has 0 radical (unpaired) electrons. The lowest BCUT2D eigenvalue weighted by molar-refractivity contribution is 0.182. The molecular weight excluding hydrogens is 210 g/mol. The quantitative estimate of drug-likeness (QED) is 0.719. The number of hydrogen-bond donors (Lipinski definition) is 0. The topological polar surface area (TPSA) is 33.0 Å². The Bertz CT molecular complexity index is 411. The van der Waals surface area contributed by atoms with Crippen molar-refractivity contribution in [2.24, 2.45) is 0 Å². The average Bonchev–Trinajstić information content (AvgIpc) is 2.60. The molecule has 0 heterocycles. The maximum absolute atomic E-state index is 8.82. The Balaban J connectivity index is 2.05. The second-order valence-electron chi connectivity index (χ2n) is 4.82. The predicted octanol–water partition coefficient (Wildman–Crippen LogP) is 3.97. The first-order valence-electron chi connectivity index (χ1n) is 6.47. The molecule has 1 aliphatic rings. The van der Waals surface area contributed by atoms with E-state index in [2.05, 4.69) is 6.07 Å². The highest BCUT2D eigenvalue weighted by molar-refractivity contribution is 5.41. The molecule has 1 aromatic rings. The third-order valence-electron chi connectivity index (χ3n) is 3.40. The molecule has 17 heavy (non-hydrogen) atoms. The molecule has 0 bridgehead atoms. The second-order valence-corrected chi connectivity index (χ2v) is 4.82. The Morgan fingerprint density at radius 2 is 1.88 bits per heavy atom. The van der Waals surface area contributed by atoms with Gasteiger partial charge in [0, 0.05) is 0 Å². The standard InChI is InChI=1S/C15H19NO/c1-12-10-13(11-16)8-9-15(12)17-14-6-4-2-3-5-7-14/h8-10,14H,2-7H2,1H3. The third-order valence-corrected chi connectivity index (χ3v) is 3.40. The van der Waals surface area contributed by atoms with Crippen molar-refractivity contribution < 1.29 is 4.74 Å². The van der Waals surface area contributed by atoms with Gasteiger partial charge in [-0.2, -0.15) is 5.26 Å². The van der Waals surface area contributed by atoms with E-state index in [1.165, 1.54) is 38.5 Å². The lowest BCUT2D eigenvalue weighted by atomic mass is 10.1. The predicted molar refractivity (Wildman–Crippen MR) is 68.0 cm³/mol. The Morgan fingerprint density at radius 1 is 1.18 bits per heavy atom. The zero-order chi connectivity index (χ0) is 12.1. The van der Waals surface area contributed by atoms with E-state index in [9.17, 15) is 0 Å².